The van der Waals surface area contributed by atoms with Crippen LogP contribution in [0.1, 0.15) is 0 Å². The topological polar surface area (TPSA) is 0 Å². The minimum atomic E-state index is 0. The maximum absolute atomic E-state index is 0. The normalized spacial score (nSPS) is 0. The smallest absolute Gasteiger partial charge is 0 e. The zero-order chi connectivity index (χ0) is 0. The zero-order valence-corrected chi connectivity index (χ0v) is 10.5. The third-order valence-electron chi connectivity index (χ3n) is 0. The van der Waals surface area contributed by atoms with E-state index in [-0.39, 0.29) is 85.0 Å². The van der Waals surface area contributed by atoms with Gasteiger partial charge in [0.2, 0.25) is 0 Å². The van der Waals surface area contributed by atoms with Crippen LogP contribution in [0.5, 0.6) is 0 Å². The van der Waals surface area contributed by atoms with Gasteiger partial charge in [0.1, 0.15) is 0 Å². The molecule has 0 saturated heterocycles. The Hall–Kier alpha value is 2.54. The van der Waals surface area contributed by atoms with Crippen LogP contribution in [0.2, 0.25) is 0 Å². The van der Waals surface area contributed by atoms with Crippen molar-refractivity contribution in [2.45, 2.75) is 0 Å². The quantitative estimate of drug-likeness (QED) is 0.491. The fourth-order valence-corrected chi connectivity index (χ4v) is 0. The Labute approximate surface area is 84.0 Å². The predicted octanol–water partition coefficient (Wildman–Crippen LogP) is -1.19. The molecule has 0 aliphatic carbocycles. The Morgan fingerprint density at radius 1 is 1.00 bits per heavy atom. The Kier molecular flexibility index (Phi) is 311. The maximum atomic E-state index is 0. The summed E-state index contributed by atoms with van der Waals surface area (Å²) >= 11 is 0. The molecule has 0 aromatic rings. The molecule has 0 spiro atoms. The van der Waals surface area contributed by atoms with Crippen LogP contribution in [0.25, 0.3) is 0 Å². The predicted molar refractivity (Wildman–Crippen MR) is 9.94 cm³/mol. The summed E-state index contributed by atoms with van der Waals surface area (Å²) in [5, 5.41) is 0. The number of hydrogen-bond acceptors (Lipinski definition) is 0. The van der Waals surface area contributed by atoms with E-state index in [0.29, 0.717) is 0 Å². The van der Waals surface area contributed by atoms with E-state index in [1.54, 1.807) is 0 Å². The van der Waals surface area contributed by atoms with Crippen molar-refractivity contribution in [3.05, 3.63) is 0 Å². The fourth-order valence-electron chi connectivity index (χ4n) is 0. The molecule has 0 aliphatic heterocycles. The molecule has 0 heterocycles. The van der Waals surface area contributed by atoms with E-state index in [0.717, 1.165) is 0 Å². The Balaban J connectivity index is 0. The minimum absolute atomic E-state index is 0. The van der Waals surface area contributed by atoms with Crippen LogP contribution in [0.15, 0.2) is 0 Å². The van der Waals surface area contributed by atoms with Gasteiger partial charge in [0.05, 0.1) is 0 Å². The average Bonchev–Trinajstić information content (AvgIpc) is 0. The SMILES string of the molecule is [Cr].[Mn].[Mo].[SiH3].[V]. The molecule has 0 aliphatic rings. The van der Waals surface area contributed by atoms with Crippen LogP contribution in [-0.2, 0) is 74.1 Å². The van der Waals surface area contributed by atoms with E-state index in [9.17, 15) is 0 Å². The van der Waals surface area contributed by atoms with Crippen LogP contribution in [0.3, 0.4) is 0 Å². The first-order chi connectivity index (χ1) is 0. The summed E-state index contributed by atoms with van der Waals surface area (Å²) in [6.45, 7) is 0. The summed E-state index contributed by atoms with van der Waals surface area (Å²) in [6.07, 6.45) is 0. The molecule has 0 aromatic heterocycles. The first kappa shape index (κ1) is 50.0. The monoisotopic (exact) mass is 287 g/mol. The van der Waals surface area contributed by atoms with Crippen molar-refractivity contribution in [2.75, 3.05) is 0 Å². The molecule has 0 saturated carbocycles. The van der Waals surface area contributed by atoms with Crippen LogP contribution in [0, 0.1) is 0 Å². The van der Waals surface area contributed by atoms with Crippen molar-refractivity contribution in [2.24, 2.45) is 0 Å². The van der Waals surface area contributed by atoms with E-state index >= 15 is 0 Å². The zero-order valence-electron chi connectivity index (χ0n) is 2.64. The molecule has 5 heavy (non-hydrogen) atoms. The third-order valence-corrected chi connectivity index (χ3v) is 0. The Bertz CT molecular complexity index is 11.6. The van der Waals surface area contributed by atoms with Crippen LogP contribution < -0.4 is 0 Å². The first-order valence-corrected chi connectivity index (χ1v) is 0. The second kappa shape index (κ2) is 31.1. The second-order valence-corrected chi connectivity index (χ2v) is 0. The van der Waals surface area contributed by atoms with Gasteiger partial charge in [0.25, 0.3) is 0 Å². The van der Waals surface area contributed by atoms with Crippen LogP contribution >= 0.6 is 0 Å². The number of rotatable bonds is 0. The van der Waals surface area contributed by atoms with Crippen molar-refractivity contribution in [3.63, 3.8) is 0 Å². The first-order valence-electron chi connectivity index (χ1n) is 0. The molecular weight excluding hydrogens is 282 g/mol. The van der Waals surface area contributed by atoms with Gasteiger partial charge in [-0.3, -0.25) is 0 Å². The summed E-state index contributed by atoms with van der Waals surface area (Å²) in [6, 6.07) is 0. The summed E-state index contributed by atoms with van der Waals surface area (Å²) in [4.78, 5) is 0. The average molecular weight is 285 g/mol. The van der Waals surface area contributed by atoms with Gasteiger partial charge in [-0.2, -0.15) is 0 Å². The van der Waals surface area contributed by atoms with Gasteiger partial charge >= 0.3 is 0 Å². The molecule has 0 atom stereocenters. The van der Waals surface area contributed by atoms with E-state index < -0.39 is 0 Å². The molecule has 0 bridgehead atoms. The van der Waals surface area contributed by atoms with Gasteiger partial charge < -0.3 is 0 Å². The maximum Gasteiger partial charge on any atom is 0 e. The largest absolute Gasteiger partial charge is 0.0125 e. The van der Waals surface area contributed by atoms with Gasteiger partial charge in [0.15, 0.2) is 0 Å². The van der Waals surface area contributed by atoms with Gasteiger partial charge in [-0.25, -0.2) is 0 Å². The van der Waals surface area contributed by atoms with Crippen molar-refractivity contribution in [1.29, 1.82) is 0 Å². The van der Waals surface area contributed by atoms with Gasteiger partial charge in [0, 0.05) is 74.1 Å². The van der Waals surface area contributed by atoms with E-state index in [1.165, 1.54) is 0 Å². The molecule has 0 amide bonds. The molecule has 3 radical (unpaired) electrons. The van der Waals surface area contributed by atoms with Crippen LogP contribution in [-0.4, -0.2) is 11.0 Å². The molecule has 0 rings (SSSR count). The molecular formula is H3CrMnMoSiV. The Morgan fingerprint density at radius 2 is 1.00 bits per heavy atom. The van der Waals surface area contributed by atoms with E-state index in [4.69, 9.17) is 0 Å². The van der Waals surface area contributed by atoms with Gasteiger partial charge in [-0.1, -0.05) is 0 Å². The van der Waals surface area contributed by atoms with Crippen molar-refractivity contribution >= 4 is 11.0 Å². The van der Waals surface area contributed by atoms with Gasteiger partial charge in [-0.15, -0.1) is 0 Å². The molecule has 0 nitrogen and oxygen atoms in total. The summed E-state index contributed by atoms with van der Waals surface area (Å²) in [7, 11) is 0. The molecule has 0 unspecified atom stereocenters. The van der Waals surface area contributed by atoms with Gasteiger partial charge in [-0.05, 0) is 11.0 Å². The molecule has 0 fully saturated rings. The summed E-state index contributed by atoms with van der Waals surface area (Å²) < 4.78 is 0. The second-order valence-electron chi connectivity index (χ2n) is 0. The number of hydrogen-bond donors (Lipinski definition) is 0. The van der Waals surface area contributed by atoms with E-state index in [2.05, 4.69) is 0 Å². The van der Waals surface area contributed by atoms with E-state index in [1.807, 2.05) is 0 Å². The van der Waals surface area contributed by atoms with Crippen molar-refractivity contribution in [3.8, 4) is 0 Å². The standard InChI is InChI=1S/Cr.Mn.Mo.H3Si.V/h;;;1H3;. The summed E-state index contributed by atoms with van der Waals surface area (Å²) in [5.74, 6) is 0. The summed E-state index contributed by atoms with van der Waals surface area (Å²) in [5.41, 5.74) is 0. The molecule has 5 heteroatoms. The van der Waals surface area contributed by atoms with Crippen molar-refractivity contribution < 1.29 is 74.1 Å². The molecule has 31 valence electrons. The molecule has 0 aromatic carbocycles. The minimum Gasteiger partial charge on any atom is -0.0125 e. The molecule has 0 N–H and O–H groups in total. The Morgan fingerprint density at radius 3 is 1.00 bits per heavy atom. The fraction of sp³-hybridized carbons (Fsp3) is 0. The third kappa shape index (κ3) is 20.9. The van der Waals surface area contributed by atoms with Crippen molar-refractivity contribution in [1.82, 2.24) is 0 Å². The van der Waals surface area contributed by atoms with Crippen LogP contribution in [0.4, 0.5) is 0 Å².